The summed E-state index contributed by atoms with van der Waals surface area (Å²) in [4.78, 5) is 4.86. The van der Waals surface area contributed by atoms with E-state index in [2.05, 4.69) is 59.5 Å². The van der Waals surface area contributed by atoms with Crippen LogP contribution in [-0.4, -0.2) is 68.3 Å². The molecule has 2 fully saturated rings. The van der Waals surface area contributed by atoms with Crippen molar-refractivity contribution in [2.45, 2.75) is 24.7 Å². The molecular formula is C16H25N3O. The molecule has 110 valence electrons. The standard InChI is InChI=1S/C16H25N3O/c1-18(2)14-11-20-12-15-16(14)17-8-9-19(15)10-13-6-4-3-5-7-13/h3-7,14-17H,8-12H2,1-2H3/t14-,15+,16+/m0/s1. The topological polar surface area (TPSA) is 27.7 Å². The summed E-state index contributed by atoms with van der Waals surface area (Å²) >= 11 is 0. The van der Waals surface area contributed by atoms with Gasteiger partial charge in [-0.1, -0.05) is 30.3 Å². The summed E-state index contributed by atoms with van der Waals surface area (Å²) in [5, 5.41) is 3.70. The van der Waals surface area contributed by atoms with Gasteiger partial charge in [-0.3, -0.25) is 4.90 Å². The van der Waals surface area contributed by atoms with Gasteiger partial charge in [-0.15, -0.1) is 0 Å². The van der Waals surface area contributed by atoms with Crippen molar-refractivity contribution in [3.05, 3.63) is 35.9 Å². The Kier molecular flexibility index (Phi) is 4.36. The highest BCUT2D eigenvalue weighted by Gasteiger charge is 2.40. The number of benzene rings is 1. The van der Waals surface area contributed by atoms with E-state index in [1.54, 1.807) is 0 Å². The van der Waals surface area contributed by atoms with Crippen LogP contribution in [-0.2, 0) is 11.3 Å². The molecule has 3 atom stereocenters. The summed E-state index contributed by atoms with van der Waals surface area (Å²) in [6.45, 7) is 4.86. The third-order valence-corrected chi connectivity index (χ3v) is 4.55. The number of nitrogens with one attached hydrogen (secondary N) is 1. The Hall–Kier alpha value is -0.940. The summed E-state index contributed by atoms with van der Waals surface area (Å²) in [5.74, 6) is 0. The van der Waals surface area contributed by atoms with E-state index in [0.29, 0.717) is 18.1 Å². The molecule has 0 saturated carbocycles. The Bertz CT molecular complexity index is 423. The molecule has 4 nitrogen and oxygen atoms in total. The van der Waals surface area contributed by atoms with Crippen molar-refractivity contribution in [3.8, 4) is 0 Å². The van der Waals surface area contributed by atoms with Crippen molar-refractivity contribution in [1.82, 2.24) is 15.1 Å². The first-order valence-corrected chi connectivity index (χ1v) is 7.51. The van der Waals surface area contributed by atoms with E-state index in [0.717, 1.165) is 32.8 Å². The van der Waals surface area contributed by atoms with Gasteiger partial charge in [0.25, 0.3) is 0 Å². The lowest BCUT2D eigenvalue weighted by molar-refractivity contribution is -0.0631. The predicted octanol–water partition coefficient (Wildman–Crippen LogP) is 0.789. The number of ether oxygens (including phenoxy) is 1. The van der Waals surface area contributed by atoms with Crippen LogP contribution >= 0.6 is 0 Å². The minimum Gasteiger partial charge on any atom is -0.378 e. The molecule has 2 saturated heterocycles. The number of rotatable bonds is 3. The summed E-state index contributed by atoms with van der Waals surface area (Å²) in [6.07, 6.45) is 0. The summed E-state index contributed by atoms with van der Waals surface area (Å²) in [6, 6.07) is 12.2. The van der Waals surface area contributed by atoms with Crippen molar-refractivity contribution in [2.75, 3.05) is 40.4 Å². The molecule has 1 aromatic rings. The predicted molar refractivity (Wildman–Crippen MR) is 80.7 cm³/mol. The third kappa shape index (κ3) is 2.88. The SMILES string of the molecule is CN(C)[C@H]1COC[C@@H]2[C@@H]1NCCN2Cc1ccccc1. The fourth-order valence-electron chi connectivity index (χ4n) is 3.40. The number of likely N-dealkylation sites (N-methyl/N-ethyl adjacent to an activating group) is 1. The highest BCUT2D eigenvalue weighted by Crippen LogP contribution is 2.22. The van der Waals surface area contributed by atoms with Gasteiger partial charge in [0, 0.05) is 31.7 Å². The Morgan fingerprint density at radius 1 is 1.25 bits per heavy atom. The molecule has 1 N–H and O–H groups in total. The maximum atomic E-state index is 5.86. The maximum Gasteiger partial charge on any atom is 0.0638 e. The second-order valence-corrected chi connectivity index (χ2v) is 6.07. The van der Waals surface area contributed by atoms with E-state index >= 15 is 0 Å². The zero-order valence-corrected chi connectivity index (χ0v) is 12.5. The fraction of sp³-hybridized carbons (Fsp3) is 0.625. The van der Waals surface area contributed by atoms with E-state index in [1.807, 2.05) is 0 Å². The Morgan fingerprint density at radius 3 is 2.80 bits per heavy atom. The van der Waals surface area contributed by atoms with E-state index in [-0.39, 0.29) is 0 Å². The molecule has 0 bridgehead atoms. The molecule has 0 unspecified atom stereocenters. The zero-order valence-electron chi connectivity index (χ0n) is 12.5. The number of piperazine rings is 1. The zero-order chi connectivity index (χ0) is 13.9. The van der Waals surface area contributed by atoms with E-state index in [4.69, 9.17) is 4.74 Å². The van der Waals surface area contributed by atoms with Gasteiger partial charge in [-0.2, -0.15) is 0 Å². The van der Waals surface area contributed by atoms with E-state index in [1.165, 1.54) is 5.56 Å². The van der Waals surface area contributed by atoms with E-state index < -0.39 is 0 Å². The first-order chi connectivity index (χ1) is 9.75. The van der Waals surface area contributed by atoms with Crippen LogP contribution < -0.4 is 5.32 Å². The molecule has 1 aromatic carbocycles. The first-order valence-electron chi connectivity index (χ1n) is 7.51. The van der Waals surface area contributed by atoms with Crippen LogP contribution in [0.15, 0.2) is 30.3 Å². The van der Waals surface area contributed by atoms with Crippen LogP contribution in [0.4, 0.5) is 0 Å². The quantitative estimate of drug-likeness (QED) is 0.883. The lowest BCUT2D eigenvalue weighted by Gasteiger charge is -2.49. The van der Waals surface area contributed by atoms with Crippen molar-refractivity contribution < 1.29 is 4.74 Å². The van der Waals surface area contributed by atoms with Gasteiger partial charge in [0.15, 0.2) is 0 Å². The second kappa shape index (κ2) is 6.22. The summed E-state index contributed by atoms with van der Waals surface area (Å²) < 4.78 is 5.86. The van der Waals surface area contributed by atoms with E-state index in [9.17, 15) is 0 Å². The molecule has 2 aliphatic heterocycles. The van der Waals surface area contributed by atoms with Crippen LogP contribution in [0.1, 0.15) is 5.56 Å². The number of nitrogens with zero attached hydrogens (tertiary/aromatic N) is 2. The molecule has 2 heterocycles. The lowest BCUT2D eigenvalue weighted by atomic mass is 9.93. The minimum absolute atomic E-state index is 0.465. The van der Waals surface area contributed by atoms with Crippen LogP contribution in [0.25, 0.3) is 0 Å². The number of hydrogen-bond acceptors (Lipinski definition) is 4. The molecule has 0 aromatic heterocycles. The summed E-state index contributed by atoms with van der Waals surface area (Å²) in [7, 11) is 4.29. The molecule has 4 heteroatoms. The highest BCUT2D eigenvalue weighted by atomic mass is 16.5. The van der Waals surface area contributed by atoms with Crippen molar-refractivity contribution in [2.24, 2.45) is 0 Å². The van der Waals surface area contributed by atoms with Gasteiger partial charge in [-0.25, -0.2) is 0 Å². The van der Waals surface area contributed by atoms with Crippen molar-refractivity contribution >= 4 is 0 Å². The molecule has 0 amide bonds. The van der Waals surface area contributed by atoms with Gasteiger partial charge in [0.2, 0.25) is 0 Å². The fourth-order valence-corrected chi connectivity index (χ4v) is 3.40. The highest BCUT2D eigenvalue weighted by molar-refractivity contribution is 5.15. The molecule has 2 aliphatic rings. The first kappa shape index (κ1) is 14.0. The van der Waals surface area contributed by atoms with Gasteiger partial charge in [0.1, 0.15) is 0 Å². The van der Waals surface area contributed by atoms with Gasteiger partial charge >= 0.3 is 0 Å². The molecule has 0 radical (unpaired) electrons. The normalized spacial score (nSPS) is 31.2. The van der Waals surface area contributed by atoms with Gasteiger partial charge in [-0.05, 0) is 19.7 Å². The van der Waals surface area contributed by atoms with Crippen LogP contribution in [0.5, 0.6) is 0 Å². The molecule has 0 aliphatic carbocycles. The van der Waals surface area contributed by atoms with Gasteiger partial charge in [0.05, 0.1) is 19.3 Å². The second-order valence-electron chi connectivity index (χ2n) is 6.07. The van der Waals surface area contributed by atoms with Crippen molar-refractivity contribution in [1.29, 1.82) is 0 Å². The van der Waals surface area contributed by atoms with Crippen LogP contribution in [0, 0.1) is 0 Å². The lowest BCUT2D eigenvalue weighted by Crippen LogP contribution is -2.68. The Morgan fingerprint density at radius 2 is 2.05 bits per heavy atom. The monoisotopic (exact) mass is 275 g/mol. The average molecular weight is 275 g/mol. The van der Waals surface area contributed by atoms with Gasteiger partial charge < -0.3 is 15.0 Å². The Balaban J connectivity index is 1.72. The summed E-state index contributed by atoms with van der Waals surface area (Å²) in [5.41, 5.74) is 1.39. The number of fused-ring (bicyclic) bond motifs is 1. The van der Waals surface area contributed by atoms with Crippen molar-refractivity contribution in [3.63, 3.8) is 0 Å². The molecular weight excluding hydrogens is 250 g/mol. The molecule has 0 spiro atoms. The minimum atomic E-state index is 0.465. The molecule has 20 heavy (non-hydrogen) atoms. The molecule has 3 rings (SSSR count). The van der Waals surface area contributed by atoms with Crippen LogP contribution in [0.2, 0.25) is 0 Å². The third-order valence-electron chi connectivity index (χ3n) is 4.55. The largest absolute Gasteiger partial charge is 0.378 e. The number of hydrogen-bond donors (Lipinski definition) is 1. The maximum absolute atomic E-state index is 5.86. The smallest absolute Gasteiger partial charge is 0.0638 e. The Labute approximate surface area is 121 Å². The average Bonchev–Trinajstić information content (AvgIpc) is 2.48. The van der Waals surface area contributed by atoms with Crippen LogP contribution in [0.3, 0.4) is 0 Å².